The lowest BCUT2D eigenvalue weighted by Gasteiger charge is -2.34. The Hall–Kier alpha value is -2.04. The zero-order chi connectivity index (χ0) is 18.6. The minimum atomic E-state index is 0.0477. The van der Waals surface area contributed by atoms with E-state index in [1.165, 1.54) is 17.5 Å². The molecular formula is C22H31N3O2. The van der Waals surface area contributed by atoms with E-state index in [9.17, 15) is 9.59 Å². The summed E-state index contributed by atoms with van der Waals surface area (Å²) in [7, 11) is 0. The number of carbonyl (C=O) groups excluding carboxylic acids is 2. The van der Waals surface area contributed by atoms with E-state index >= 15 is 0 Å². The van der Waals surface area contributed by atoms with Crippen LogP contribution < -0.4 is 5.32 Å². The predicted octanol–water partition coefficient (Wildman–Crippen LogP) is 3.15. The van der Waals surface area contributed by atoms with Crippen molar-refractivity contribution in [2.45, 2.75) is 50.9 Å². The van der Waals surface area contributed by atoms with Crippen molar-refractivity contribution in [3.05, 3.63) is 35.4 Å². The molecule has 5 nitrogen and oxygen atoms in total. The molecule has 2 heterocycles. The molecule has 0 radical (unpaired) electrons. The second-order valence-electron chi connectivity index (χ2n) is 8.27. The maximum atomic E-state index is 12.7. The van der Waals surface area contributed by atoms with Gasteiger partial charge in [0.15, 0.2) is 0 Å². The summed E-state index contributed by atoms with van der Waals surface area (Å²) in [5.74, 6) is 0.661. The first kappa shape index (κ1) is 18.3. The number of carbonyl (C=O) groups is 2. The smallest absolute Gasteiger partial charge is 0.319 e. The molecule has 1 aliphatic carbocycles. The number of nitrogens with zero attached hydrogens (tertiary/aromatic N) is 2. The fraction of sp³-hybridized carbons (Fsp3) is 0.636. The van der Waals surface area contributed by atoms with Gasteiger partial charge in [0.1, 0.15) is 0 Å². The van der Waals surface area contributed by atoms with Crippen LogP contribution in [0.1, 0.15) is 55.6 Å². The first-order valence-corrected chi connectivity index (χ1v) is 10.6. The van der Waals surface area contributed by atoms with Crippen molar-refractivity contribution in [3.8, 4) is 0 Å². The second kappa shape index (κ2) is 8.32. The third-order valence-electron chi connectivity index (χ3n) is 6.53. The Morgan fingerprint density at radius 2 is 1.63 bits per heavy atom. The topological polar surface area (TPSA) is 52.7 Å². The summed E-state index contributed by atoms with van der Waals surface area (Å²) in [6.45, 7) is 3.94. The normalized spacial score (nSPS) is 23.2. The van der Waals surface area contributed by atoms with Crippen LogP contribution >= 0.6 is 0 Å². The molecule has 0 bridgehead atoms. The van der Waals surface area contributed by atoms with E-state index in [2.05, 4.69) is 29.6 Å². The lowest BCUT2D eigenvalue weighted by atomic mass is 9.82. The molecule has 2 aliphatic heterocycles. The molecule has 0 saturated carbocycles. The molecule has 1 atom stereocenters. The van der Waals surface area contributed by atoms with Crippen molar-refractivity contribution >= 4 is 11.9 Å². The van der Waals surface area contributed by atoms with Crippen LogP contribution in [0.25, 0.3) is 0 Å². The molecule has 3 amide bonds. The average molecular weight is 370 g/mol. The molecule has 1 aromatic carbocycles. The molecule has 0 aromatic heterocycles. The monoisotopic (exact) mass is 369 g/mol. The third-order valence-corrected chi connectivity index (χ3v) is 6.53. The van der Waals surface area contributed by atoms with Crippen LogP contribution in [0, 0.1) is 5.92 Å². The fourth-order valence-electron chi connectivity index (χ4n) is 4.88. The van der Waals surface area contributed by atoms with Gasteiger partial charge in [0.2, 0.25) is 5.91 Å². The Morgan fingerprint density at radius 1 is 0.926 bits per heavy atom. The SMILES string of the molecule is O=C(NC[C@@H]1CCCc2ccccc21)C1CCN(C(=O)N2CCCC2)CC1. The van der Waals surface area contributed by atoms with Crippen molar-refractivity contribution in [1.82, 2.24) is 15.1 Å². The molecule has 0 spiro atoms. The van der Waals surface area contributed by atoms with Crippen LogP contribution in [0.2, 0.25) is 0 Å². The second-order valence-corrected chi connectivity index (χ2v) is 8.27. The number of hydrogen-bond donors (Lipinski definition) is 1. The lowest BCUT2D eigenvalue weighted by molar-refractivity contribution is -0.126. The number of nitrogens with one attached hydrogen (secondary N) is 1. The molecular weight excluding hydrogens is 338 g/mol. The maximum Gasteiger partial charge on any atom is 0.319 e. The number of benzene rings is 1. The minimum Gasteiger partial charge on any atom is -0.355 e. The van der Waals surface area contributed by atoms with Gasteiger partial charge in [-0.05, 0) is 56.1 Å². The zero-order valence-electron chi connectivity index (χ0n) is 16.2. The van der Waals surface area contributed by atoms with Gasteiger partial charge < -0.3 is 15.1 Å². The molecule has 5 heteroatoms. The number of aryl methyl sites for hydroxylation is 1. The zero-order valence-corrected chi connectivity index (χ0v) is 16.2. The number of urea groups is 1. The van der Waals surface area contributed by atoms with Crippen molar-refractivity contribution in [2.24, 2.45) is 5.92 Å². The van der Waals surface area contributed by atoms with Crippen molar-refractivity contribution < 1.29 is 9.59 Å². The van der Waals surface area contributed by atoms with Crippen LogP contribution in [0.3, 0.4) is 0 Å². The molecule has 2 fully saturated rings. The van der Waals surface area contributed by atoms with E-state index in [0.717, 1.165) is 58.2 Å². The van der Waals surface area contributed by atoms with Gasteiger partial charge >= 0.3 is 6.03 Å². The lowest BCUT2D eigenvalue weighted by Crippen LogP contribution is -2.48. The highest BCUT2D eigenvalue weighted by Crippen LogP contribution is 2.31. The van der Waals surface area contributed by atoms with Crippen molar-refractivity contribution in [1.29, 1.82) is 0 Å². The van der Waals surface area contributed by atoms with Gasteiger partial charge in [0, 0.05) is 44.6 Å². The van der Waals surface area contributed by atoms with E-state index < -0.39 is 0 Å². The largest absolute Gasteiger partial charge is 0.355 e. The summed E-state index contributed by atoms with van der Waals surface area (Å²) in [5, 5.41) is 3.21. The van der Waals surface area contributed by atoms with E-state index in [4.69, 9.17) is 0 Å². The van der Waals surface area contributed by atoms with Crippen LogP contribution in [-0.4, -0.2) is 54.5 Å². The molecule has 0 unspecified atom stereocenters. The quantitative estimate of drug-likeness (QED) is 0.890. The van der Waals surface area contributed by atoms with Crippen LogP contribution in [0.4, 0.5) is 4.79 Å². The first-order valence-electron chi connectivity index (χ1n) is 10.6. The highest BCUT2D eigenvalue weighted by molar-refractivity contribution is 5.79. The summed E-state index contributed by atoms with van der Waals surface area (Å²) in [5.41, 5.74) is 2.85. The standard InChI is InChI=1S/C22H31N3O2/c26-21(23-16-19-8-5-7-17-6-1-2-9-20(17)19)18-10-14-25(15-11-18)22(27)24-12-3-4-13-24/h1-2,6,9,18-19H,3-5,7-8,10-16H2,(H,23,26)/t19-/m0/s1. The summed E-state index contributed by atoms with van der Waals surface area (Å²) in [4.78, 5) is 29.0. The molecule has 146 valence electrons. The number of likely N-dealkylation sites (tertiary alicyclic amines) is 2. The van der Waals surface area contributed by atoms with E-state index in [-0.39, 0.29) is 17.9 Å². The summed E-state index contributed by atoms with van der Waals surface area (Å²) < 4.78 is 0. The Balaban J connectivity index is 1.25. The van der Waals surface area contributed by atoms with E-state index in [1.807, 2.05) is 9.80 Å². The third kappa shape index (κ3) is 4.12. The number of hydrogen-bond acceptors (Lipinski definition) is 2. The van der Waals surface area contributed by atoms with Gasteiger partial charge in [-0.2, -0.15) is 0 Å². The van der Waals surface area contributed by atoms with Crippen molar-refractivity contribution in [3.63, 3.8) is 0 Å². The van der Waals surface area contributed by atoms with E-state index in [1.54, 1.807) is 0 Å². The summed E-state index contributed by atoms with van der Waals surface area (Å²) in [6, 6.07) is 8.82. The molecule has 27 heavy (non-hydrogen) atoms. The number of rotatable bonds is 3. The Kier molecular flexibility index (Phi) is 5.65. The number of amides is 3. The van der Waals surface area contributed by atoms with Gasteiger partial charge in [-0.3, -0.25) is 4.79 Å². The fourth-order valence-corrected chi connectivity index (χ4v) is 4.88. The highest BCUT2D eigenvalue weighted by Gasteiger charge is 2.31. The Morgan fingerprint density at radius 3 is 2.41 bits per heavy atom. The Bertz CT molecular complexity index is 676. The van der Waals surface area contributed by atoms with Crippen LogP contribution in [0.5, 0.6) is 0 Å². The average Bonchev–Trinajstić information content (AvgIpc) is 3.26. The van der Waals surface area contributed by atoms with Gasteiger partial charge in [0.25, 0.3) is 0 Å². The molecule has 3 aliphatic rings. The molecule has 1 aromatic rings. The summed E-state index contributed by atoms with van der Waals surface area (Å²) >= 11 is 0. The highest BCUT2D eigenvalue weighted by atomic mass is 16.2. The van der Waals surface area contributed by atoms with E-state index in [0.29, 0.717) is 19.0 Å². The number of fused-ring (bicyclic) bond motifs is 1. The molecule has 1 N–H and O–H groups in total. The van der Waals surface area contributed by atoms with Gasteiger partial charge in [0.05, 0.1) is 0 Å². The minimum absolute atomic E-state index is 0.0477. The summed E-state index contributed by atoms with van der Waals surface area (Å²) in [6.07, 6.45) is 7.32. The molecule has 4 rings (SSSR count). The van der Waals surface area contributed by atoms with Gasteiger partial charge in [-0.15, -0.1) is 0 Å². The predicted molar refractivity (Wildman–Crippen MR) is 106 cm³/mol. The van der Waals surface area contributed by atoms with Crippen LogP contribution in [0.15, 0.2) is 24.3 Å². The maximum absolute atomic E-state index is 12.7. The van der Waals surface area contributed by atoms with Gasteiger partial charge in [-0.25, -0.2) is 4.79 Å². The van der Waals surface area contributed by atoms with Crippen molar-refractivity contribution in [2.75, 3.05) is 32.7 Å². The number of piperidine rings is 1. The Labute approximate surface area is 162 Å². The molecule has 2 saturated heterocycles. The first-order chi connectivity index (χ1) is 13.2. The van der Waals surface area contributed by atoms with Crippen LogP contribution in [-0.2, 0) is 11.2 Å². The van der Waals surface area contributed by atoms with Gasteiger partial charge in [-0.1, -0.05) is 24.3 Å².